The molecule has 1 atom stereocenters. The van der Waals surface area contributed by atoms with Crippen molar-refractivity contribution in [3.05, 3.63) is 65.7 Å². The number of nitrogens with zero attached hydrogens (tertiary/aromatic N) is 4. The second-order valence-corrected chi connectivity index (χ2v) is 6.79. The molecular formula is C19H20N4OS. The number of rotatable bonds is 7. The predicted octanol–water partition coefficient (Wildman–Crippen LogP) is 4.15. The van der Waals surface area contributed by atoms with Crippen LogP contribution in [0.3, 0.4) is 0 Å². The number of aromatic nitrogens is 4. The van der Waals surface area contributed by atoms with Crippen molar-refractivity contribution in [2.24, 2.45) is 0 Å². The highest BCUT2D eigenvalue weighted by Gasteiger charge is 2.13. The normalized spacial score (nSPS) is 12.1. The first-order valence-electron chi connectivity index (χ1n) is 8.28. The van der Waals surface area contributed by atoms with Crippen LogP contribution in [0.1, 0.15) is 42.1 Å². The van der Waals surface area contributed by atoms with Gasteiger partial charge in [0.25, 0.3) is 0 Å². The third-order valence-electron chi connectivity index (χ3n) is 4.19. The van der Waals surface area contributed by atoms with Gasteiger partial charge in [-0.3, -0.25) is 4.79 Å². The molecule has 1 heterocycles. The first kappa shape index (κ1) is 17.4. The van der Waals surface area contributed by atoms with Crippen molar-refractivity contribution in [2.45, 2.75) is 31.3 Å². The minimum Gasteiger partial charge on any atom is -0.293 e. The summed E-state index contributed by atoms with van der Waals surface area (Å²) in [5, 5.41) is 12.3. The van der Waals surface area contributed by atoms with Crippen molar-refractivity contribution in [3.63, 3.8) is 0 Å². The van der Waals surface area contributed by atoms with E-state index in [9.17, 15) is 4.79 Å². The van der Waals surface area contributed by atoms with Gasteiger partial charge in [0, 0.05) is 5.56 Å². The number of carbonyl (C=O) groups is 1. The SMILES string of the molecule is CC[C@H](C)c1ccc(C(=O)CSc2nnnn2-c2ccccc2)cc1. The summed E-state index contributed by atoms with van der Waals surface area (Å²) in [6.07, 6.45) is 1.09. The lowest BCUT2D eigenvalue weighted by molar-refractivity contribution is 0.102. The molecule has 0 fully saturated rings. The Morgan fingerprint density at radius 3 is 2.52 bits per heavy atom. The Balaban J connectivity index is 1.66. The van der Waals surface area contributed by atoms with Crippen LogP contribution in [0.4, 0.5) is 0 Å². The van der Waals surface area contributed by atoms with Crippen molar-refractivity contribution in [1.82, 2.24) is 20.2 Å². The molecule has 0 amide bonds. The molecule has 1 aromatic heterocycles. The standard InChI is InChI=1S/C19H20N4OS/c1-3-14(2)15-9-11-16(12-10-15)18(24)13-25-19-20-21-22-23(19)17-7-5-4-6-8-17/h4-12,14H,3,13H2,1-2H3/t14-/m0/s1. The molecule has 0 radical (unpaired) electrons. The van der Waals surface area contributed by atoms with E-state index in [4.69, 9.17) is 0 Å². The molecule has 0 saturated heterocycles. The lowest BCUT2D eigenvalue weighted by Gasteiger charge is -2.09. The highest BCUT2D eigenvalue weighted by Crippen LogP contribution is 2.21. The molecule has 2 aromatic carbocycles. The third-order valence-corrected chi connectivity index (χ3v) is 5.11. The molecule has 0 aliphatic heterocycles. The maximum Gasteiger partial charge on any atom is 0.214 e. The van der Waals surface area contributed by atoms with Crippen LogP contribution in [0.15, 0.2) is 59.8 Å². The first-order valence-corrected chi connectivity index (χ1v) is 9.27. The number of thioether (sulfide) groups is 1. The number of benzene rings is 2. The summed E-state index contributed by atoms with van der Waals surface area (Å²) >= 11 is 1.34. The lowest BCUT2D eigenvalue weighted by Crippen LogP contribution is -2.05. The lowest BCUT2D eigenvalue weighted by atomic mass is 9.97. The van der Waals surface area contributed by atoms with E-state index in [-0.39, 0.29) is 5.78 Å². The number of ketones is 1. The van der Waals surface area contributed by atoms with Gasteiger partial charge in [0.15, 0.2) is 5.78 Å². The van der Waals surface area contributed by atoms with Gasteiger partial charge in [-0.1, -0.05) is 68.1 Å². The predicted molar refractivity (Wildman–Crippen MR) is 99.4 cm³/mol. The summed E-state index contributed by atoms with van der Waals surface area (Å²) < 4.78 is 1.64. The maximum atomic E-state index is 12.4. The molecule has 0 N–H and O–H groups in total. The number of Topliss-reactive ketones (excluding diaryl/α,β-unsaturated/α-hetero) is 1. The zero-order chi connectivity index (χ0) is 17.6. The van der Waals surface area contributed by atoms with E-state index < -0.39 is 0 Å². The van der Waals surface area contributed by atoms with Crippen molar-refractivity contribution in [2.75, 3.05) is 5.75 Å². The largest absolute Gasteiger partial charge is 0.293 e. The summed E-state index contributed by atoms with van der Waals surface area (Å²) in [7, 11) is 0. The van der Waals surface area contributed by atoms with Gasteiger partial charge in [0.2, 0.25) is 5.16 Å². The highest BCUT2D eigenvalue weighted by molar-refractivity contribution is 7.99. The minimum absolute atomic E-state index is 0.0725. The van der Waals surface area contributed by atoms with Crippen LogP contribution in [0.5, 0.6) is 0 Å². The average molecular weight is 352 g/mol. The van der Waals surface area contributed by atoms with Crippen molar-refractivity contribution in [3.8, 4) is 5.69 Å². The van der Waals surface area contributed by atoms with E-state index in [1.54, 1.807) is 4.68 Å². The quantitative estimate of drug-likeness (QED) is 0.472. The molecule has 3 rings (SSSR count). The monoisotopic (exact) mass is 352 g/mol. The zero-order valence-electron chi connectivity index (χ0n) is 14.3. The fraction of sp³-hybridized carbons (Fsp3) is 0.263. The molecule has 0 aliphatic carbocycles. The second-order valence-electron chi connectivity index (χ2n) is 5.85. The Morgan fingerprint density at radius 2 is 1.84 bits per heavy atom. The van der Waals surface area contributed by atoms with Crippen molar-refractivity contribution < 1.29 is 4.79 Å². The fourth-order valence-corrected chi connectivity index (χ4v) is 3.23. The number of hydrogen-bond acceptors (Lipinski definition) is 5. The number of para-hydroxylation sites is 1. The van der Waals surface area contributed by atoms with Crippen LogP contribution in [0.2, 0.25) is 0 Å². The molecule has 3 aromatic rings. The summed E-state index contributed by atoms with van der Waals surface area (Å²) in [6.45, 7) is 4.35. The van der Waals surface area contributed by atoms with E-state index in [0.717, 1.165) is 17.7 Å². The van der Waals surface area contributed by atoms with E-state index in [1.165, 1.54) is 17.3 Å². The molecule has 6 heteroatoms. The third kappa shape index (κ3) is 4.14. The Hall–Kier alpha value is -2.47. The highest BCUT2D eigenvalue weighted by atomic mass is 32.2. The van der Waals surface area contributed by atoms with Crippen LogP contribution < -0.4 is 0 Å². The van der Waals surface area contributed by atoms with E-state index in [2.05, 4.69) is 29.4 Å². The van der Waals surface area contributed by atoms with E-state index in [1.807, 2.05) is 54.6 Å². The number of hydrogen-bond donors (Lipinski definition) is 0. The van der Waals surface area contributed by atoms with Crippen LogP contribution in [-0.2, 0) is 0 Å². The number of carbonyl (C=O) groups excluding carboxylic acids is 1. The average Bonchev–Trinajstić information content (AvgIpc) is 3.15. The Kier molecular flexibility index (Phi) is 5.60. The second kappa shape index (κ2) is 8.07. The summed E-state index contributed by atoms with van der Waals surface area (Å²) in [4.78, 5) is 12.4. The van der Waals surface area contributed by atoms with Crippen LogP contribution in [-0.4, -0.2) is 31.7 Å². The van der Waals surface area contributed by atoms with Gasteiger partial charge < -0.3 is 0 Å². The molecule has 128 valence electrons. The van der Waals surface area contributed by atoms with Gasteiger partial charge >= 0.3 is 0 Å². The molecule has 0 bridgehead atoms. The smallest absolute Gasteiger partial charge is 0.214 e. The van der Waals surface area contributed by atoms with Crippen LogP contribution in [0.25, 0.3) is 5.69 Å². The molecule has 0 unspecified atom stereocenters. The minimum atomic E-state index is 0.0725. The Labute approximate surface area is 151 Å². The van der Waals surface area contributed by atoms with Gasteiger partial charge in [0.1, 0.15) is 0 Å². The van der Waals surface area contributed by atoms with Gasteiger partial charge in [-0.15, -0.1) is 5.10 Å². The fourth-order valence-electron chi connectivity index (χ4n) is 2.45. The first-order chi connectivity index (χ1) is 12.2. The summed E-state index contributed by atoms with van der Waals surface area (Å²) in [5.41, 5.74) is 2.86. The van der Waals surface area contributed by atoms with Gasteiger partial charge in [-0.05, 0) is 40.5 Å². The molecule has 0 aliphatic rings. The van der Waals surface area contributed by atoms with Crippen molar-refractivity contribution in [1.29, 1.82) is 0 Å². The van der Waals surface area contributed by atoms with E-state index >= 15 is 0 Å². The summed E-state index contributed by atoms with van der Waals surface area (Å²) in [5.74, 6) is 0.882. The van der Waals surface area contributed by atoms with Crippen LogP contribution in [0, 0.1) is 0 Å². The molecule has 5 nitrogen and oxygen atoms in total. The summed E-state index contributed by atoms with van der Waals surface area (Å²) in [6, 6.07) is 17.5. The van der Waals surface area contributed by atoms with Crippen LogP contribution >= 0.6 is 11.8 Å². The Bertz CT molecular complexity index is 830. The zero-order valence-corrected chi connectivity index (χ0v) is 15.1. The Morgan fingerprint density at radius 1 is 1.12 bits per heavy atom. The van der Waals surface area contributed by atoms with Crippen molar-refractivity contribution >= 4 is 17.5 Å². The topological polar surface area (TPSA) is 60.7 Å². The molecule has 25 heavy (non-hydrogen) atoms. The molecule has 0 spiro atoms. The van der Waals surface area contributed by atoms with E-state index in [0.29, 0.717) is 16.8 Å². The molecule has 0 saturated carbocycles. The maximum absolute atomic E-state index is 12.4. The van der Waals surface area contributed by atoms with Gasteiger partial charge in [-0.2, -0.15) is 4.68 Å². The molecular weight excluding hydrogens is 332 g/mol. The van der Waals surface area contributed by atoms with Gasteiger partial charge in [-0.25, -0.2) is 0 Å². The van der Waals surface area contributed by atoms with Gasteiger partial charge in [0.05, 0.1) is 11.4 Å². The number of tetrazole rings is 1.